The van der Waals surface area contributed by atoms with Gasteiger partial charge in [-0.3, -0.25) is 0 Å². The molecule has 0 aliphatic rings. The zero-order valence-corrected chi connectivity index (χ0v) is 12.4. The fourth-order valence-electron chi connectivity index (χ4n) is 2.00. The summed E-state index contributed by atoms with van der Waals surface area (Å²) < 4.78 is 13.3. The normalized spacial score (nSPS) is 12.6. The molecule has 1 N–H and O–H groups in total. The lowest BCUT2D eigenvalue weighted by molar-refractivity contribution is 0.534. The highest BCUT2D eigenvalue weighted by Crippen LogP contribution is 2.26. The van der Waals surface area contributed by atoms with Gasteiger partial charge < -0.3 is 5.32 Å². The fraction of sp³-hybridized carbons (Fsp3) is 0.333. The second-order valence-corrected chi connectivity index (χ2v) is 5.85. The van der Waals surface area contributed by atoms with Gasteiger partial charge in [-0.15, -0.1) is 11.3 Å². The molecule has 1 nitrogen and oxygen atoms in total. The first-order valence-corrected chi connectivity index (χ1v) is 7.67. The predicted octanol–water partition coefficient (Wildman–Crippen LogP) is 4.82. The summed E-state index contributed by atoms with van der Waals surface area (Å²) >= 11 is 7.86. The van der Waals surface area contributed by atoms with E-state index in [9.17, 15) is 4.39 Å². The van der Waals surface area contributed by atoms with Crippen LogP contribution in [0.15, 0.2) is 35.7 Å². The van der Waals surface area contributed by atoms with Gasteiger partial charge in [-0.2, -0.15) is 0 Å². The van der Waals surface area contributed by atoms with Crippen molar-refractivity contribution in [2.45, 2.75) is 25.8 Å². The van der Waals surface area contributed by atoms with Gasteiger partial charge in [-0.1, -0.05) is 24.6 Å². The smallest absolute Gasteiger partial charge is 0.123 e. The molecule has 0 saturated carbocycles. The van der Waals surface area contributed by atoms with Crippen molar-refractivity contribution in [1.82, 2.24) is 5.32 Å². The summed E-state index contributed by atoms with van der Waals surface area (Å²) in [6, 6.07) is 8.87. The highest BCUT2D eigenvalue weighted by molar-refractivity contribution is 7.10. The molecule has 1 heterocycles. The predicted molar refractivity (Wildman–Crippen MR) is 80.5 cm³/mol. The van der Waals surface area contributed by atoms with Gasteiger partial charge in [0.15, 0.2) is 0 Å². The van der Waals surface area contributed by atoms with E-state index in [0.29, 0.717) is 11.4 Å². The number of thiophene rings is 1. The average Bonchev–Trinajstić information content (AvgIpc) is 2.92. The Balaban J connectivity index is 2.17. The first-order valence-electron chi connectivity index (χ1n) is 6.41. The van der Waals surface area contributed by atoms with Gasteiger partial charge in [0, 0.05) is 15.9 Å². The molecule has 1 atom stereocenters. The van der Waals surface area contributed by atoms with Crippen molar-refractivity contribution < 1.29 is 4.39 Å². The molecule has 0 amide bonds. The lowest BCUT2D eigenvalue weighted by atomic mass is 10.0. The van der Waals surface area contributed by atoms with E-state index in [1.807, 2.05) is 6.07 Å². The Morgan fingerprint density at radius 3 is 2.89 bits per heavy atom. The monoisotopic (exact) mass is 297 g/mol. The largest absolute Gasteiger partial charge is 0.309 e. The maximum atomic E-state index is 13.3. The van der Waals surface area contributed by atoms with Crippen molar-refractivity contribution in [1.29, 1.82) is 0 Å². The van der Waals surface area contributed by atoms with E-state index in [2.05, 4.69) is 23.7 Å². The Bertz CT molecular complexity index is 513. The second-order valence-electron chi connectivity index (χ2n) is 4.46. The molecule has 1 aromatic carbocycles. The highest BCUT2D eigenvalue weighted by atomic mass is 35.5. The summed E-state index contributed by atoms with van der Waals surface area (Å²) in [6.45, 7) is 3.07. The Kier molecular flexibility index (Phi) is 5.37. The van der Waals surface area contributed by atoms with Crippen LogP contribution in [0.1, 0.15) is 29.8 Å². The maximum Gasteiger partial charge on any atom is 0.123 e. The van der Waals surface area contributed by atoms with Crippen LogP contribution in [0.2, 0.25) is 5.02 Å². The Labute approximate surface area is 122 Å². The summed E-state index contributed by atoms with van der Waals surface area (Å²) in [5.74, 6) is -0.236. The summed E-state index contributed by atoms with van der Waals surface area (Å²) in [5, 5.41) is 6.18. The minimum atomic E-state index is -0.236. The summed E-state index contributed by atoms with van der Waals surface area (Å²) in [5.41, 5.74) is 0.851. The van der Waals surface area contributed by atoms with Gasteiger partial charge >= 0.3 is 0 Å². The van der Waals surface area contributed by atoms with E-state index in [1.165, 1.54) is 17.0 Å². The molecule has 19 heavy (non-hydrogen) atoms. The molecular formula is C15H17ClFNS. The minimum absolute atomic E-state index is 0.194. The molecule has 0 aliphatic carbocycles. The van der Waals surface area contributed by atoms with E-state index in [0.717, 1.165) is 18.5 Å². The molecule has 0 radical (unpaired) electrons. The average molecular weight is 298 g/mol. The van der Waals surface area contributed by atoms with Crippen LogP contribution in [0.25, 0.3) is 0 Å². The van der Waals surface area contributed by atoms with Crippen LogP contribution in [0.3, 0.4) is 0 Å². The van der Waals surface area contributed by atoms with Crippen LogP contribution in [-0.2, 0) is 6.42 Å². The topological polar surface area (TPSA) is 12.0 Å². The van der Waals surface area contributed by atoms with E-state index >= 15 is 0 Å². The summed E-state index contributed by atoms with van der Waals surface area (Å²) in [4.78, 5) is 1.26. The number of halogens is 2. The lowest BCUT2D eigenvalue weighted by Gasteiger charge is -2.18. The lowest BCUT2D eigenvalue weighted by Crippen LogP contribution is -2.23. The second kappa shape index (κ2) is 7.04. The summed E-state index contributed by atoms with van der Waals surface area (Å²) in [7, 11) is 0. The van der Waals surface area contributed by atoms with Gasteiger partial charge in [-0.05, 0) is 54.6 Å². The molecule has 0 aliphatic heterocycles. The van der Waals surface area contributed by atoms with E-state index in [4.69, 9.17) is 11.6 Å². The molecule has 0 bridgehead atoms. The number of benzene rings is 1. The molecule has 0 spiro atoms. The third-order valence-corrected chi connectivity index (χ3v) is 4.31. The first kappa shape index (κ1) is 14.5. The zero-order valence-electron chi connectivity index (χ0n) is 10.8. The quantitative estimate of drug-likeness (QED) is 0.806. The highest BCUT2D eigenvalue weighted by Gasteiger charge is 2.14. The Morgan fingerprint density at radius 2 is 2.21 bits per heavy atom. The number of hydrogen-bond donors (Lipinski definition) is 1. The van der Waals surface area contributed by atoms with Gasteiger partial charge in [-0.25, -0.2) is 4.39 Å². The molecule has 1 unspecified atom stereocenters. The van der Waals surface area contributed by atoms with Crippen LogP contribution in [0.5, 0.6) is 0 Å². The van der Waals surface area contributed by atoms with Crippen molar-refractivity contribution in [3.8, 4) is 0 Å². The molecule has 2 rings (SSSR count). The van der Waals surface area contributed by atoms with E-state index < -0.39 is 0 Å². The van der Waals surface area contributed by atoms with Crippen molar-refractivity contribution in [2.75, 3.05) is 6.54 Å². The van der Waals surface area contributed by atoms with Crippen LogP contribution < -0.4 is 5.32 Å². The van der Waals surface area contributed by atoms with Crippen molar-refractivity contribution >= 4 is 22.9 Å². The number of hydrogen-bond acceptors (Lipinski definition) is 2. The molecular weight excluding hydrogens is 281 g/mol. The maximum absolute atomic E-state index is 13.3. The van der Waals surface area contributed by atoms with Gasteiger partial charge in [0.25, 0.3) is 0 Å². The Morgan fingerprint density at radius 1 is 1.37 bits per heavy atom. The molecule has 1 aromatic heterocycles. The SMILES string of the molecule is CCCNC(Cc1cc(F)ccc1Cl)c1cccs1. The molecule has 4 heteroatoms. The number of rotatable bonds is 6. The first-order chi connectivity index (χ1) is 9.20. The Hall–Kier alpha value is -0.900. The van der Waals surface area contributed by atoms with Crippen molar-refractivity contribution in [3.63, 3.8) is 0 Å². The van der Waals surface area contributed by atoms with Gasteiger partial charge in [0.1, 0.15) is 5.82 Å². The van der Waals surface area contributed by atoms with Crippen LogP contribution in [0.4, 0.5) is 4.39 Å². The summed E-state index contributed by atoms with van der Waals surface area (Å²) in [6.07, 6.45) is 1.77. The minimum Gasteiger partial charge on any atom is -0.309 e. The molecule has 102 valence electrons. The van der Waals surface area contributed by atoms with Crippen LogP contribution in [0, 0.1) is 5.82 Å². The van der Waals surface area contributed by atoms with Crippen LogP contribution >= 0.6 is 22.9 Å². The van der Waals surface area contributed by atoms with Gasteiger partial charge in [0.2, 0.25) is 0 Å². The zero-order chi connectivity index (χ0) is 13.7. The van der Waals surface area contributed by atoms with Crippen molar-refractivity contribution in [2.24, 2.45) is 0 Å². The fourth-order valence-corrected chi connectivity index (χ4v) is 3.00. The van der Waals surface area contributed by atoms with E-state index in [1.54, 1.807) is 17.4 Å². The molecule has 2 aromatic rings. The third kappa shape index (κ3) is 4.03. The number of nitrogens with one attached hydrogen (secondary N) is 1. The van der Waals surface area contributed by atoms with E-state index in [-0.39, 0.29) is 11.9 Å². The van der Waals surface area contributed by atoms with Crippen molar-refractivity contribution in [3.05, 3.63) is 57.0 Å². The third-order valence-electron chi connectivity index (χ3n) is 2.96. The van der Waals surface area contributed by atoms with Crippen LogP contribution in [-0.4, -0.2) is 6.54 Å². The molecule has 0 saturated heterocycles. The van der Waals surface area contributed by atoms with Gasteiger partial charge in [0.05, 0.1) is 0 Å². The molecule has 0 fully saturated rings. The standard InChI is InChI=1S/C15H17ClFNS/c1-2-7-18-14(15-4-3-8-19-15)10-11-9-12(17)5-6-13(11)16/h3-6,8-9,14,18H,2,7,10H2,1H3.